The lowest BCUT2D eigenvalue weighted by Crippen LogP contribution is -2.13. The van der Waals surface area contributed by atoms with Crippen molar-refractivity contribution in [1.29, 1.82) is 0 Å². The third-order valence-electron chi connectivity index (χ3n) is 2.64. The second-order valence-electron chi connectivity index (χ2n) is 4.15. The summed E-state index contributed by atoms with van der Waals surface area (Å²) in [6.45, 7) is 6.62. The number of unbranched alkanes of at least 4 members (excludes halogenated alkanes) is 3. The first-order valence-corrected chi connectivity index (χ1v) is 7.80. The second kappa shape index (κ2) is 8.26. The van der Waals surface area contributed by atoms with Gasteiger partial charge in [0.15, 0.2) is 0 Å². The molecule has 16 heavy (non-hydrogen) atoms. The average Bonchev–Trinajstić information content (AvgIpc) is 2.56. The van der Waals surface area contributed by atoms with E-state index in [2.05, 4.69) is 41.2 Å². The van der Waals surface area contributed by atoms with E-state index in [0.717, 1.165) is 6.54 Å². The Labute approximate surface area is 112 Å². The number of hydrogen-bond acceptors (Lipinski definition) is 2. The van der Waals surface area contributed by atoms with Crippen LogP contribution in [-0.4, -0.2) is 13.1 Å². The predicted octanol–water partition coefficient (Wildman–Crippen LogP) is 4.53. The number of thiophene rings is 1. The van der Waals surface area contributed by atoms with Crippen LogP contribution in [0, 0.1) is 6.92 Å². The normalized spacial score (nSPS) is 10.9. The number of rotatable bonds is 8. The Morgan fingerprint density at radius 3 is 2.62 bits per heavy atom. The number of hydrogen-bond donors (Lipinski definition) is 1. The summed E-state index contributed by atoms with van der Waals surface area (Å²) in [5.74, 6) is 0. The Morgan fingerprint density at radius 1 is 1.25 bits per heavy atom. The summed E-state index contributed by atoms with van der Waals surface area (Å²) in [6.07, 6.45) is 6.59. The van der Waals surface area contributed by atoms with E-state index in [9.17, 15) is 0 Å². The van der Waals surface area contributed by atoms with Crippen molar-refractivity contribution in [1.82, 2.24) is 5.32 Å². The van der Waals surface area contributed by atoms with Gasteiger partial charge >= 0.3 is 0 Å². The number of nitrogens with one attached hydrogen (secondary N) is 1. The monoisotopic (exact) mass is 303 g/mol. The standard InChI is InChI=1S/C13H22BrNS/c1-3-15-9-7-5-4-6-8-13-12(14)10-11(2)16-13/h10,15H,3-9H2,1-2H3. The molecule has 1 rings (SSSR count). The molecule has 0 radical (unpaired) electrons. The fourth-order valence-electron chi connectivity index (χ4n) is 1.77. The summed E-state index contributed by atoms with van der Waals surface area (Å²) in [5, 5.41) is 3.36. The molecular weight excluding hydrogens is 282 g/mol. The molecule has 3 heteroatoms. The lowest BCUT2D eigenvalue weighted by atomic mass is 10.1. The summed E-state index contributed by atoms with van der Waals surface area (Å²) in [4.78, 5) is 2.93. The minimum absolute atomic E-state index is 1.10. The molecule has 1 N–H and O–H groups in total. The zero-order chi connectivity index (χ0) is 11.8. The molecule has 92 valence electrons. The van der Waals surface area contributed by atoms with E-state index >= 15 is 0 Å². The smallest absolute Gasteiger partial charge is 0.0317 e. The van der Waals surface area contributed by atoms with Gasteiger partial charge in [-0.1, -0.05) is 19.8 Å². The van der Waals surface area contributed by atoms with Crippen molar-refractivity contribution in [2.75, 3.05) is 13.1 Å². The van der Waals surface area contributed by atoms with Gasteiger partial charge in [0.05, 0.1) is 0 Å². The van der Waals surface area contributed by atoms with Crippen LogP contribution in [0.2, 0.25) is 0 Å². The molecular formula is C13H22BrNS. The van der Waals surface area contributed by atoms with Crippen LogP contribution < -0.4 is 5.32 Å². The molecule has 0 unspecified atom stereocenters. The summed E-state index contributed by atoms with van der Waals surface area (Å²) in [7, 11) is 0. The van der Waals surface area contributed by atoms with Crippen LogP contribution in [0.15, 0.2) is 10.5 Å². The molecule has 0 aliphatic heterocycles. The number of halogens is 1. The highest BCUT2D eigenvalue weighted by atomic mass is 79.9. The van der Waals surface area contributed by atoms with Gasteiger partial charge in [0, 0.05) is 14.2 Å². The fraction of sp³-hybridized carbons (Fsp3) is 0.692. The number of aryl methyl sites for hydroxylation is 2. The summed E-state index contributed by atoms with van der Waals surface area (Å²) < 4.78 is 1.31. The maximum Gasteiger partial charge on any atom is 0.0317 e. The first kappa shape index (κ1) is 14.2. The van der Waals surface area contributed by atoms with Crippen molar-refractivity contribution in [3.8, 4) is 0 Å². The Bertz CT molecular complexity index is 296. The molecule has 0 aliphatic rings. The molecule has 1 heterocycles. The first-order chi connectivity index (χ1) is 7.74. The predicted molar refractivity (Wildman–Crippen MR) is 77.5 cm³/mol. The minimum atomic E-state index is 1.10. The highest BCUT2D eigenvalue weighted by molar-refractivity contribution is 9.10. The van der Waals surface area contributed by atoms with Gasteiger partial charge in [-0.15, -0.1) is 11.3 Å². The van der Waals surface area contributed by atoms with Gasteiger partial charge in [0.25, 0.3) is 0 Å². The van der Waals surface area contributed by atoms with Crippen molar-refractivity contribution in [3.63, 3.8) is 0 Å². The van der Waals surface area contributed by atoms with Gasteiger partial charge in [-0.2, -0.15) is 0 Å². The van der Waals surface area contributed by atoms with Crippen LogP contribution in [0.4, 0.5) is 0 Å². The van der Waals surface area contributed by atoms with Crippen molar-refractivity contribution in [3.05, 3.63) is 20.3 Å². The molecule has 0 bridgehead atoms. The van der Waals surface area contributed by atoms with Gasteiger partial charge in [0.2, 0.25) is 0 Å². The highest BCUT2D eigenvalue weighted by Gasteiger charge is 2.03. The maximum absolute atomic E-state index is 3.62. The molecule has 0 aromatic carbocycles. The topological polar surface area (TPSA) is 12.0 Å². The quantitative estimate of drug-likeness (QED) is 0.696. The highest BCUT2D eigenvalue weighted by Crippen LogP contribution is 2.28. The fourth-order valence-corrected chi connectivity index (χ4v) is 3.67. The first-order valence-electron chi connectivity index (χ1n) is 6.19. The van der Waals surface area contributed by atoms with E-state index < -0.39 is 0 Å². The zero-order valence-electron chi connectivity index (χ0n) is 10.3. The minimum Gasteiger partial charge on any atom is -0.317 e. The van der Waals surface area contributed by atoms with E-state index in [4.69, 9.17) is 0 Å². The molecule has 0 fully saturated rings. The Balaban J connectivity index is 2.05. The molecule has 0 saturated carbocycles. The van der Waals surface area contributed by atoms with Crippen LogP contribution in [0.3, 0.4) is 0 Å². The van der Waals surface area contributed by atoms with Crippen LogP contribution >= 0.6 is 27.3 Å². The largest absolute Gasteiger partial charge is 0.317 e. The molecule has 0 aliphatic carbocycles. The summed E-state index contributed by atoms with van der Waals surface area (Å²) >= 11 is 5.55. The SMILES string of the molecule is CCNCCCCCCc1sc(C)cc1Br. The van der Waals surface area contributed by atoms with E-state index in [1.165, 1.54) is 52.9 Å². The Kier molecular flexibility index (Phi) is 7.33. The van der Waals surface area contributed by atoms with E-state index in [1.54, 1.807) is 0 Å². The van der Waals surface area contributed by atoms with E-state index in [1.807, 2.05) is 11.3 Å². The van der Waals surface area contributed by atoms with Gasteiger partial charge in [-0.05, 0) is 61.3 Å². The van der Waals surface area contributed by atoms with Crippen molar-refractivity contribution in [2.24, 2.45) is 0 Å². The lowest BCUT2D eigenvalue weighted by Gasteiger charge is -2.02. The molecule has 0 amide bonds. The van der Waals surface area contributed by atoms with Crippen molar-refractivity contribution < 1.29 is 0 Å². The molecule has 0 spiro atoms. The molecule has 1 aromatic rings. The lowest BCUT2D eigenvalue weighted by molar-refractivity contribution is 0.599. The Hall–Kier alpha value is 0.140. The second-order valence-corrected chi connectivity index (χ2v) is 6.34. The van der Waals surface area contributed by atoms with E-state index in [0.29, 0.717) is 0 Å². The van der Waals surface area contributed by atoms with Crippen molar-refractivity contribution in [2.45, 2.75) is 46.0 Å². The van der Waals surface area contributed by atoms with Gasteiger partial charge in [-0.25, -0.2) is 0 Å². The zero-order valence-corrected chi connectivity index (χ0v) is 12.7. The summed E-state index contributed by atoms with van der Waals surface area (Å²) in [6, 6.07) is 2.23. The Morgan fingerprint density at radius 2 is 2.00 bits per heavy atom. The maximum atomic E-state index is 3.62. The third-order valence-corrected chi connectivity index (χ3v) is 4.72. The van der Waals surface area contributed by atoms with Crippen LogP contribution in [-0.2, 0) is 6.42 Å². The average molecular weight is 304 g/mol. The van der Waals surface area contributed by atoms with Gasteiger partial charge < -0.3 is 5.32 Å². The molecule has 0 saturated heterocycles. The molecule has 1 aromatic heterocycles. The van der Waals surface area contributed by atoms with Gasteiger partial charge in [-0.3, -0.25) is 0 Å². The summed E-state index contributed by atoms with van der Waals surface area (Å²) in [5.41, 5.74) is 0. The van der Waals surface area contributed by atoms with Crippen molar-refractivity contribution >= 4 is 27.3 Å². The van der Waals surface area contributed by atoms with Crippen LogP contribution in [0.1, 0.15) is 42.4 Å². The van der Waals surface area contributed by atoms with Crippen LogP contribution in [0.25, 0.3) is 0 Å². The third kappa shape index (κ3) is 5.46. The van der Waals surface area contributed by atoms with Crippen LogP contribution in [0.5, 0.6) is 0 Å². The van der Waals surface area contributed by atoms with E-state index in [-0.39, 0.29) is 0 Å². The molecule has 1 nitrogen and oxygen atoms in total. The van der Waals surface area contributed by atoms with Gasteiger partial charge in [0.1, 0.15) is 0 Å². The molecule has 0 atom stereocenters.